The van der Waals surface area contributed by atoms with Gasteiger partial charge >= 0.3 is 6.03 Å². The molecular weight excluding hydrogens is 178 g/mol. The van der Waals surface area contributed by atoms with E-state index in [2.05, 4.69) is 5.32 Å². The number of urea groups is 1. The average Bonchev–Trinajstić information content (AvgIpc) is 2.25. The van der Waals surface area contributed by atoms with Gasteiger partial charge < -0.3 is 16.0 Å². The molecule has 2 amide bonds. The van der Waals surface area contributed by atoms with Crippen LogP contribution >= 0.6 is 0 Å². The number of carbonyl (C=O) groups is 1. The minimum absolute atomic E-state index is 0.0988. The number of hydrogen-bond acceptors (Lipinski definition) is 2. The number of nitrogens with zero attached hydrogens (tertiary/aromatic N) is 1. The van der Waals surface area contributed by atoms with E-state index in [1.807, 2.05) is 4.90 Å². The first-order chi connectivity index (χ1) is 6.84. The normalized spacial score (nSPS) is 16.8. The predicted octanol–water partition coefficient (Wildman–Crippen LogP) is 0.921. The van der Waals surface area contributed by atoms with Crippen LogP contribution in [0.25, 0.3) is 0 Å². The Labute approximate surface area is 85.8 Å². The van der Waals surface area contributed by atoms with Gasteiger partial charge in [0.15, 0.2) is 0 Å². The number of carbonyl (C=O) groups excluding carboxylic acids is 1. The van der Waals surface area contributed by atoms with Gasteiger partial charge in [0.05, 0.1) is 0 Å². The molecule has 0 aromatic rings. The van der Waals surface area contributed by atoms with Crippen LogP contribution in [0.2, 0.25) is 0 Å². The predicted molar refractivity (Wildman–Crippen MR) is 57.1 cm³/mol. The summed E-state index contributed by atoms with van der Waals surface area (Å²) < 4.78 is 0. The topological polar surface area (TPSA) is 58.4 Å². The van der Waals surface area contributed by atoms with Crippen LogP contribution in [-0.4, -0.2) is 37.1 Å². The van der Waals surface area contributed by atoms with E-state index in [1.165, 1.54) is 6.42 Å². The van der Waals surface area contributed by atoms with Gasteiger partial charge in [-0.2, -0.15) is 0 Å². The highest BCUT2D eigenvalue weighted by molar-refractivity contribution is 5.74. The smallest absolute Gasteiger partial charge is 0.317 e. The Morgan fingerprint density at radius 2 is 1.93 bits per heavy atom. The number of unbranched alkanes of at least 4 members (excludes halogenated alkanes) is 1. The third-order valence-corrected chi connectivity index (χ3v) is 2.55. The Bertz CT molecular complexity index is 167. The van der Waals surface area contributed by atoms with E-state index in [0.29, 0.717) is 6.54 Å². The van der Waals surface area contributed by atoms with Crippen LogP contribution in [0.15, 0.2) is 0 Å². The van der Waals surface area contributed by atoms with Crippen LogP contribution in [0, 0.1) is 0 Å². The van der Waals surface area contributed by atoms with E-state index in [0.717, 1.165) is 45.3 Å². The molecule has 0 aromatic carbocycles. The van der Waals surface area contributed by atoms with Crippen molar-refractivity contribution in [3.63, 3.8) is 0 Å². The first-order valence-electron chi connectivity index (χ1n) is 5.57. The SMILES string of the molecule is NCCCCNC(=O)N1CCCCC1. The first kappa shape index (κ1) is 11.3. The van der Waals surface area contributed by atoms with Crippen LogP contribution in [0.3, 0.4) is 0 Å². The Morgan fingerprint density at radius 3 is 2.57 bits per heavy atom. The number of amides is 2. The zero-order valence-electron chi connectivity index (χ0n) is 8.80. The minimum Gasteiger partial charge on any atom is -0.338 e. The Balaban J connectivity index is 2.07. The molecule has 1 aliphatic heterocycles. The molecule has 0 unspecified atom stereocenters. The van der Waals surface area contributed by atoms with Crippen LogP contribution in [0.4, 0.5) is 4.79 Å². The van der Waals surface area contributed by atoms with Gasteiger partial charge in [0.25, 0.3) is 0 Å². The summed E-state index contributed by atoms with van der Waals surface area (Å²) in [5, 5.41) is 2.92. The summed E-state index contributed by atoms with van der Waals surface area (Å²) in [6, 6.07) is 0.0988. The van der Waals surface area contributed by atoms with Gasteiger partial charge in [-0.3, -0.25) is 0 Å². The highest BCUT2D eigenvalue weighted by Crippen LogP contribution is 2.08. The van der Waals surface area contributed by atoms with Crippen LogP contribution in [0.1, 0.15) is 32.1 Å². The summed E-state index contributed by atoms with van der Waals surface area (Å²) in [7, 11) is 0. The van der Waals surface area contributed by atoms with Crippen molar-refractivity contribution in [2.45, 2.75) is 32.1 Å². The van der Waals surface area contributed by atoms with E-state index in [9.17, 15) is 4.79 Å². The molecule has 4 heteroatoms. The largest absolute Gasteiger partial charge is 0.338 e. The van der Waals surface area contributed by atoms with Crippen LogP contribution in [0.5, 0.6) is 0 Å². The molecule has 0 aliphatic carbocycles. The molecule has 0 saturated carbocycles. The summed E-state index contributed by atoms with van der Waals surface area (Å²) in [6.45, 7) is 3.30. The van der Waals surface area contributed by atoms with E-state index in [-0.39, 0.29) is 6.03 Å². The first-order valence-corrected chi connectivity index (χ1v) is 5.57. The maximum atomic E-state index is 11.5. The van der Waals surface area contributed by atoms with Gasteiger partial charge in [-0.05, 0) is 38.6 Å². The second kappa shape index (κ2) is 6.65. The minimum atomic E-state index is 0.0988. The molecule has 0 spiro atoms. The molecule has 1 fully saturated rings. The van der Waals surface area contributed by atoms with Crippen molar-refractivity contribution in [3.8, 4) is 0 Å². The van der Waals surface area contributed by atoms with E-state index in [4.69, 9.17) is 5.73 Å². The zero-order valence-corrected chi connectivity index (χ0v) is 8.80. The molecule has 1 rings (SSSR count). The highest BCUT2D eigenvalue weighted by atomic mass is 16.2. The second-order valence-corrected chi connectivity index (χ2v) is 3.78. The van der Waals surface area contributed by atoms with Crippen molar-refractivity contribution in [3.05, 3.63) is 0 Å². The van der Waals surface area contributed by atoms with E-state index < -0.39 is 0 Å². The van der Waals surface area contributed by atoms with Crippen molar-refractivity contribution in [2.24, 2.45) is 5.73 Å². The quantitative estimate of drug-likeness (QED) is 0.661. The lowest BCUT2D eigenvalue weighted by Gasteiger charge is -2.26. The zero-order chi connectivity index (χ0) is 10.2. The molecule has 1 aliphatic rings. The fraction of sp³-hybridized carbons (Fsp3) is 0.900. The van der Waals surface area contributed by atoms with Crippen molar-refractivity contribution in [1.82, 2.24) is 10.2 Å². The summed E-state index contributed by atoms with van der Waals surface area (Å²) >= 11 is 0. The van der Waals surface area contributed by atoms with Crippen molar-refractivity contribution in [1.29, 1.82) is 0 Å². The molecule has 3 N–H and O–H groups in total. The van der Waals surface area contributed by atoms with E-state index in [1.54, 1.807) is 0 Å². The van der Waals surface area contributed by atoms with Crippen molar-refractivity contribution >= 4 is 6.03 Å². The Morgan fingerprint density at radius 1 is 1.21 bits per heavy atom. The maximum Gasteiger partial charge on any atom is 0.317 e. The summed E-state index contributed by atoms with van der Waals surface area (Å²) in [6.07, 6.45) is 5.53. The summed E-state index contributed by atoms with van der Waals surface area (Å²) in [4.78, 5) is 13.5. The Kier molecular flexibility index (Phi) is 5.37. The van der Waals surface area contributed by atoms with Gasteiger partial charge in [-0.15, -0.1) is 0 Å². The van der Waals surface area contributed by atoms with Gasteiger partial charge in [0, 0.05) is 19.6 Å². The second-order valence-electron chi connectivity index (χ2n) is 3.78. The molecule has 0 atom stereocenters. The molecule has 1 heterocycles. The molecule has 1 saturated heterocycles. The summed E-state index contributed by atoms with van der Waals surface area (Å²) in [5.41, 5.74) is 5.37. The van der Waals surface area contributed by atoms with E-state index >= 15 is 0 Å². The standard InChI is InChI=1S/C10H21N3O/c11-6-2-3-7-12-10(14)13-8-4-1-5-9-13/h1-9,11H2,(H,12,14). The van der Waals surface area contributed by atoms with Gasteiger partial charge in [0.2, 0.25) is 0 Å². The van der Waals surface area contributed by atoms with Crippen molar-refractivity contribution in [2.75, 3.05) is 26.2 Å². The molecule has 4 nitrogen and oxygen atoms in total. The Hall–Kier alpha value is -0.770. The molecule has 0 aromatic heterocycles. The number of nitrogens with one attached hydrogen (secondary N) is 1. The molecule has 14 heavy (non-hydrogen) atoms. The third-order valence-electron chi connectivity index (χ3n) is 2.55. The lowest BCUT2D eigenvalue weighted by atomic mass is 10.1. The van der Waals surface area contributed by atoms with Gasteiger partial charge in [-0.1, -0.05) is 0 Å². The monoisotopic (exact) mass is 199 g/mol. The maximum absolute atomic E-state index is 11.5. The van der Waals surface area contributed by atoms with Gasteiger partial charge in [0.1, 0.15) is 0 Å². The number of rotatable bonds is 4. The summed E-state index contributed by atoms with van der Waals surface area (Å²) in [5.74, 6) is 0. The number of hydrogen-bond donors (Lipinski definition) is 2. The average molecular weight is 199 g/mol. The number of nitrogens with two attached hydrogens (primary N) is 1. The van der Waals surface area contributed by atoms with Gasteiger partial charge in [-0.25, -0.2) is 4.79 Å². The molecular formula is C10H21N3O. The molecule has 82 valence electrons. The lowest BCUT2D eigenvalue weighted by molar-refractivity contribution is 0.186. The third kappa shape index (κ3) is 3.96. The lowest BCUT2D eigenvalue weighted by Crippen LogP contribution is -2.43. The molecule has 0 radical (unpaired) electrons. The number of likely N-dealkylation sites (tertiary alicyclic amines) is 1. The van der Waals surface area contributed by atoms with Crippen LogP contribution < -0.4 is 11.1 Å². The number of piperidine rings is 1. The van der Waals surface area contributed by atoms with Crippen molar-refractivity contribution < 1.29 is 4.79 Å². The fourth-order valence-electron chi connectivity index (χ4n) is 1.67. The fourth-order valence-corrected chi connectivity index (χ4v) is 1.67. The highest BCUT2D eigenvalue weighted by Gasteiger charge is 2.14. The van der Waals surface area contributed by atoms with Crippen LogP contribution in [-0.2, 0) is 0 Å². The molecule has 0 bridgehead atoms.